The summed E-state index contributed by atoms with van der Waals surface area (Å²) in [7, 11) is 0. The number of benzene rings is 4. The molecule has 0 saturated heterocycles. The van der Waals surface area contributed by atoms with Crippen LogP contribution in [0.5, 0.6) is 0 Å². The SMILES string of the molecule is [CH2-]CC(c1ccccc1)(c1ccccc1)[C-](c1ccccc1)c1ccccc1.[Na+].[Na+]. The summed E-state index contributed by atoms with van der Waals surface area (Å²) in [6, 6.07) is 43.0. The Kier molecular flexibility index (Phi) is 9.97. The Morgan fingerprint density at radius 1 is 0.500 bits per heavy atom. The third-order valence-electron chi connectivity index (χ3n) is 5.46. The van der Waals surface area contributed by atoms with E-state index in [0.29, 0.717) is 0 Å². The average Bonchev–Trinajstić information content (AvgIpc) is 2.80. The molecule has 0 nitrogen and oxygen atoms in total. The molecule has 0 aliphatic carbocycles. The molecule has 0 aromatic heterocycles. The molecule has 0 aliphatic rings. The minimum absolute atomic E-state index is 0. The van der Waals surface area contributed by atoms with Gasteiger partial charge in [0.05, 0.1) is 0 Å². The first kappa shape index (κ1) is 25.0. The van der Waals surface area contributed by atoms with Gasteiger partial charge in [0.1, 0.15) is 0 Å². The van der Waals surface area contributed by atoms with Crippen molar-refractivity contribution in [1.29, 1.82) is 0 Å². The van der Waals surface area contributed by atoms with Crippen molar-refractivity contribution in [3.63, 3.8) is 0 Å². The van der Waals surface area contributed by atoms with Crippen molar-refractivity contribution in [1.82, 2.24) is 0 Å². The Balaban J connectivity index is 0.00000160. The smallest absolute Gasteiger partial charge is 0.342 e. The molecule has 0 fully saturated rings. The molecule has 138 valence electrons. The second-order valence-corrected chi connectivity index (χ2v) is 6.99. The summed E-state index contributed by atoms with van der Waals surface area (Å²) in [5.41, 5.74) is 4.64. The van der Waals surface area contributed by atoms with Crippen LogP contribution in [0.15, 0.2) is 121 Å². The van der Waals surface area contributed by atoms with Gasteiger partial charge in [0.25, 0.3) is 0 Å². The minimum Gasteiger partial charge on any atom is -0.342 e. The molecule has 4 aromatic carbocycles. The molecular weight excluding hydrogens is 382 g/mol. The van der Waals surface area contributed by atoms with E-state index in [1.165, 1.54) is 28.2 Å². The largest absolute Gasteiger partial charge is 1.00 e. The number of rotatable bonds is 6. The zero-order valence-corrected chi connectivity index (χ0v) is 22.0. The van der Waals surface area contributed by atoms with Gasteiger partial charge in [-0.2, -0.15) is 6.42 Å². The third kappa shape index (κ3) is 4.97. The van der Waals surface area contributed by atoms with Crippen LogP contribution < -0.4 is 59.1 Å². The minimum atomic E-state index is -0.342. The first-order valence-corrected chi connectivity index (χ1v) is 9.75. The molecule has 0 saturated carbocycles. The van der Waals surface area contributed by atoms with Gasteiger partial charge in [-0.1, -0.05) is 103 Å². The zero-order chi connectivity index (χ0) is 19.2. The summed E-state index contributed by atoms with van der Waals surface area (Å²) >= 11 is 0. The van der Waals surface area contributed by atoms with Crippen LogP contribution >= 0.6 is 0 Å². The maximum Gasteiger partial charge on any atom is 1.00 e. The molecule has 0 atom stereocenters. The summed E-state index contributed by atoms with van der Waals surface area (Å²) in [6.07, 6.45) is 0.722. The molecule has 0 unspecified atom stereocenters. The van der Waals surface area contributed by atoms with Gasteiger partial charge in [0.2, 0.25) is 0 Å². The molecule has 4 aromatic rings. The van der Waals surface area contributed by atoms with E-state index in [-0.39, 0.29) is 64.5 Å². The quantitative estimate of drug-likeness (QED) is 0.329. The predicted octanol–water partition coefficient (Wildman–Crippen LogP) is 0.876. The Labute approximate surface area is 225 Å². The molecule has 0 heterocycles. The van der Waals surface area contributed by atoms with Crippen LogP contribution in [0.25, 0.3) is 0 Å². The normalized spacial score (nSPS) is 10.4. The van der Waals surface area contributed by atoms with Crippen molar-refractivity contribution in [3.05, 3.63) is 156 Å². The van der Waals surface area contributed by atoms with Crippen LogP contribution in [0.4, 0.5) is 0 Å². The topological polar surface area (TPSA) is 0 Å². The van der Waals surface area contributed by atoms with Gasteiger partial charge in [-0.25, -0.2) is 0 Å². The van der Waals surface area contributed by atoms with E-state index in [9.17, 15) is 0 Å². The molecule has 0 N–H and O–H groups in total. The summed E-state index contributed by atoms with van der Waals surface area (Å²) in [5, 5.41) is 0. The standard InChI is InChI=1S/C28H24.2Na/c1-2-28(25-19-11-5-12-20-25,26-21-13-6-14-22-26)27(23-15-7-3-8-16-23)24-17-9-4-10-18-24;;/h3-22H,1-2H2;;/q-2;2*+1. The van der Waals surface area contributed by atoms with Crippen LogP contribution in [-0.4, -0.2) is 0 Å². The second kappa shape index (κ2) is 12.0. The summed E-state index contributed by atoms with van der Waals surface area (Å²) in [5.74, 6) is 1.29. The molecular formula is C28H24Na2. The van der Waals surface area contributed by atoms with Crippen molar-refractivity contribution in [2.75, 3.05) is 0 Å². The van der Waals surface area contributed by atoms with Crippen molar-refractivity contribution >= 4 is 0 Å². The molecule has 2 heteroatoms. The predicted molar refractivity (Wildman–Crippen MR) is 118 cm³/mol. The van der Waals surface area contributed by atoms with E-state index >= 15 is 0 Å². The van der Waals surface area contributed by atoms with E-state index in [1.54, 1.807) is 0 Å². The molecule has 30 heavy (non-hydrogen) atoms. The fourth-order valence-electron chi connectivity index (χ4n) is 4.18. The van der Waals surface area contributed by atoms with Crippen LogP contribution in [0.1, 0.15) is 28.7 Å². The van der Waals surface area contributed by atoms with E-state index in [4.69, 9.17) is 0 Å². The monoisotopic (exact) mass is 406 g/mol. The van der Waals surface area contributed by atoms with Crippen LogP contribution in [0.3, 0.4) is 0 Å². The second-order valence-electron chi connectivity index (χ2n) is 6.99. The molecule has 0 bridgehead atoms. The first-order valence-electron chi connectivity index (χ1n) is 9.75. The maximum absolute atomic E-state index is 4.46. The Hall–Kier alpha value is -1.25. The molecule has 0 radical (unpaired) electrons. The maximum atomic E-state index is 4.46. The molecule has 0 amide bonds. The zero-order valence-electron chi connectivity index (χ0n) is 18.0. The first-order chi connectivity index (χ1) is 13.9. The average molecular weight is 406 g/mol. The van der Waals surface area contributed by atoms with Crippen molar-refractivity contribution in [2.45, 2.75) is 11.8 Å². The molecule has 0 aliphatic heterocycles. The Morgan fingerprint density at radius 3 is 1.10 bits per heavy atom. The van der Waals surface area contributed by atoms with E-state index in [1.807, 2.05) is 0 Å². The van der Waals surface area contributed by atoms with Crippen molar-refractivity contribution in [3.8, 4) is 0 Å². The molecule has 4 rings (SSSR count). The fourth-order valence-corrected chi connectivity index (χ4v) is 4.18. The number of hydrogen-bond donors (Lipinski definition) is 0. The van der Waals surface area contributed by atoms with Crippen molar-refractivity contribution < 1.29 is 59.1 Å². The van der Waals surface area contributed by atoms with Crippen LogP contribution in [0, 0.1) is 12.8 Å². The van der Waals surface area contributed by atoms with E-state index < -0.39 is 0 Å². The van der Waals surface area contributed by atoms with Gasteiger partial charge in [0.15, 0.2) is 0 Å². The fraction of sp³-hybridized carbons (Fsp3) is 0.0714. The van der Waals surface area contributed by atoms with Gasteiger partial charge in [-0.15, -0.1) is 35.4 Å². The van der Waals surface area contributed by atoms with E-state index in [2.05, 4.69) is 128 Å². The molecule has 0 spiro atoms. The van der Waals surface area contributed by atoms with Crippen LogP contribution in [-0.2, 0) is 5.41 Å². The van der Waals surface area contributed by atoms with Gasteiger partial charge in [-0.05, 0) is 16.5 Å². The number of hydrogen-bond acceptors (Lipinski definition) is 0. The van der Waals surface area contributed by atoms with E-state index in [0.717, 1.165) is 6.42 Å². The third-order valence-corrected chi connectivity index (χ3v) is 5.46. The van der Waals surface area contributed by atoms with Gasteiger partial charge < -0.3 is 6.92 Å². The summed E-state index contributed by atoms with van der Waals surface area (Å²) < 4.78 is 0. The summed E-state index contributed by atoms with van der Waals surface area (Å²) in [6.45, 7) is 4.46. The van der Waals surface area contributed by atoms with Gasteiger partial charge >= 0.3 is 59.1 Å². The van der Waals surface area contributed by atoms with Gasteiger partial charge in [-0.3, -0.25) is 0 Å². The van der Waals surface area contributed by atoms with Crippen LogP contribution in [0.2, 0.25) is 0 Å². The Morgan fingerprint density at radius 2 is 0.800 bits per heavy atom. The van der Waals surface area contributed by atoms with Gasteiger partial charge in [0, 0.05) is 0 Å². The Bertz CT molecular complexity index is 905. The summed E-state index contributed by atoms with van der Waals surface area (Å²) in [4.78, 5) is 0. The van der Waals surface area contributed by atoms with Crippen molar-refractivity contribution in [2.24, 2.45) is 0 Å².